The number of ether oxygens (including phenoxy) is 1. The maximum Gasteiger partial charge on any atom is 0.0900 e. The fourth-order valence-corrected chi connectivity index (χ4v) is 3.31. The zero-order valence-electron chi connectivity index (χ0n) is 13.8. The van der Waals surface area contributed by atoms with Crippen LogP contribution in [0.3, 0.4) is 0 Å². The van der Waals surface area contributed by atoms with Gasteiger partial charge in [0.2, 0.25) is 0 Å². The quantitative estimate of drug-likeness (QED) is 0.763. The summed E-state index contributed by atoms with van der Waals surface area (Å²) in [6, 6.07) is 7.97. The number of rotatable bonds is 8. The summed E-state index contributed by atoms with van der Waals surface area (Å²) < 4.78 is 5.80. The molecule has 0 amide bonds. The van der Waals surface area contributed by atoms with Gasteiger partial charge in [0.15, 0.2) is 0 Å². The highest BCUT2D eigenvalue weighted by Crippen LogP contribution is 2.21. The van der Waals surface area contributed by atoms with Gasteiger partial charge < -0.3 is 14.9 Å². The van der Waals surface area contributed by atoms with E-state index in [4.69, 9.17) is 21.4 Å². The first-order chi connectivity index (χ1) is 11.1. The van der Waals surface area contributed by atoms with Crippen molar-refractivity contribution in [1.82, 2.24) is 4.90 Å². The molecule has 0 spiro atoms. The second kappa shape index (κ2) is 9.60. The molecular weight excluding hydrogens is 314 g/mol. The molecule has 2 rings (SSSR count). The Hall–Kier alpha value is -0.650. The molecular formula is C18H28ClNO3. The Bertz CT molecular complexity index is 452. The fraction of sp³-hybridized carbons (Fsp3) is 0.667. The van der Waals surface area contributed by atoms with Gasteiger partial charge in [-0.05, 0) is 50.4 Å². The molecule has 130 valence electrons. The van der Waals surface area contributed by atoms with Crippen LogP contribution in [0.2, 0.25) is 5.02 Å². The number of hydrogen-bond donors (Lipinski definition) is 2. The van der Waals surface area contributed by atoms with Crippen molar-refractivity contribution in [2.75, 3.05) is 26.3 Å². The fourth-order valence-electron chi connectivity index (χ4n) is 3.19. The van der Waals surface area contributed by atoms with Gasteiger partial charge in [-0.3, -0.25) is 4.90 Å². The van der Waals surface area contributed by atoms with E-state index < -0.39 is 6.10 Å². The Labute approximate surface area is 144 Å². The predicted molar refractivity (Wildman–Crippen MR) is 92.7 cm³/mol. The van der Waals surface area contributed by atoms with Gasteiger partial charge in [-0.15, -0.1) is 0 Å². The summed E-state index contributed by atoms with van der Waals surface area (Å²) in [5.74, 6) is 0. The van der Waals surface area contributed by atoms with Crippen LogP contribution in [-0.4, -0.2) is 53.6 Å². The average molecular weight is 342 g/mol. The lowest BCUT2D eigenvalue weighted by atomic mass is 9.99. The third kappa shape index (κ3) is 6.05. The van der Waals surface area contributed by atoms with Crippen LogP contribution in [0.15, 0.2) is 24.3 Å². The average Bonchev–Trinajstić information content (AvgIpc) is 2.55. The van der Waals surface area contributed by atoms with E-state index in [0.29, 0.717) is 24.2 Å². The highest BCUT2D eigenvalue weighted by molar-refractivity contribution is 6.30. The smallest absolute Gasteiger partial charge is 0.0900 e. The monoisotopic (exact) mass is 341 g/mol. The molecule has 1 heterocycles. The molecule has 0 saturated carbocycles. The largest absolute Gasteiger partial charge is 0.396 e. The summed E-state index contributed by atoms with van der Waals surface area (Å²) in [4.78, 5) is 2.29. The highest BCUT2D eigenvalue weighted by atomic mass is 35.5. The van der Waals surface area contributed by atoms with Crippen molar-refractivity contribution in [3.63, 3.8) is 0 Å². The Morgan fingerprint density at radius 2 is 2.04 bits per heavy atom. The van der Waals surface area contributed by atoms with E-state index in [1.165, 1.54) is 6.42 Å². The highest BCUT2D eigenvalue weighted by Gasteiger charge is 2.24. The van der Waals surface area contributed by atoms with Crippen LogP contribution in [-0.2, 0) is 4.74 Å². The molecule has 5 heteroatoms. The third-order valence-corrected chi connectivity index (χ3v) is 4.79. The zero-order chi connectivity index (χ0) is 16.7. The van der Waals surface area contributed by atoms with Crippen LogP contribution < -0.4 is 0 Å². The maximum atomic E-state index is 10.3. The molecule has 3 atom stereocenters. The molecule has 1 aromatic carbocycles. The summed E-state index contributed by atoms with van der Waals surface area (Å²) in [5.41, 5.74) is 1.05. The van der Waals surface area contributed by atoms with Gasteiger partial charge in [-0.1, -0.05) is 30.2 Å². The first-order valence-corrected chi connectivity index (χ1v) is 8.88. The number of β-amino-alcohol motifs (C(OH)–C–C–N with tert-alkyl or cyclic N) is 1. The van der Waals surface area contributed by atoms with E-state index in [2.05, 4.69) is 4.90 Å². The Morgan fingerprint density at radius 3 is 2.74 bits per heavy atom. The molecule has 0 radical (unpaired) electrons. The van der Waals surface area contributed by atoms with E-state index in [9.17, 15) is 5.11 Å². The van der Waals surface area contributed by atoms with E-state index in [0.717, 1.165) is 31.4 Å². The number of aliphatic hydroxyl groups excluding tert-OH is 2. The van der Waals surface area contributed by atoms with Crippen LogP contribution in [0, 0.1) is 0 Å². The molecule has 0 bridgehead atoms. The molecule has 1 aliphatic rings. The standard InChI is InChI=1S/C18H28ClNO3/c1-14(15-5-7-16(19)8-6-15)23-13-18(22)12-20-10-3-2-4-17(20)9-11-21/h5-8,14,17-18,21-22H,2-4,9-13H2,1H3/t14-,17-,18-/m1/s1. The molecule has 0 aliphatic carbocycles. The molecule has 23 heavy (non-hydrogen) atoms. The summed E-state index contributed by atoms with van der Waals surface area (Å²) in [6.45, 7) is 4.10. The first-order valence-electron chi connectivity index (χ1n) is 8.50. The number of nitrogens with zero attached hydrogens (tertiary/aromatic N) is 1. The predicted octanol–water partition coefficient (Wildman–Crippen LogP) is 3.02. The van der Waals surface area contributed by atoms with Crippen molar-refractivity contribution in [2.45, 2.75) is 50.9 Å². The van der Waals surface area contributed by atoms with Gasteiger partial charge in [0.25, 0.3) is 0 Å². The number of hydrogen-bond acceptors (Lipinski definition) is 4. The molecule has 1 aromatic rings. The van der Waals surface area contributed by atoms with E-state index in [1.54, 1.807) is 0 Å². The lowest BCUT2D eigenvalue weighted by Gasteiger charge is -2.36. The lowest BCUT2D eigenvalue weighted by Crippen LogP contribution is -2.45. The van der Waals surface area contributed by atoms with Crippen LogP contribution in [0.5, 0.6) is 0 Å². The van der Waals surface area contributed by atoms with E-state index >= 15 is 0 Å². The van der Waals surface area contributed by atoms with Gasteiger partial charge in [0, 0.05) is 24.2 Å². The van der Waals surface area contributed by atoms with Crippen LogP contribution in [0.1, 0.15) is 44.3 Å². The molecule has 4 nitrogen and oxygen atoms in total. The molecule has 1 fully saturated rings. The summed E-state index contributed by atoms with van der Waals surface area (Å²) in [5, 5.41) is 20.2. The van der Waals surface area contributed by atoms with E-state index in [-0.39, 0.29) is 12.7 Å². The number of aliphatic hydroxyl groups is 2. The number of piperidine rings is 1. The molecule has 1 aliphatic heterocycles. The van der Waals surface area contributed by atoms with Crippen LogP contribution in [0.4, 0.5) is 0 Å². The normalized spacial score (nSPS) is 22.0. The van der Waals surface area contributed by atoms with Gasteiger partial charge >= 0.3 is 0 Å². The second-order valence-electron chi connectivity index (χ2n) is 6.34. The number of likely N-dealkylation sites (tertiary alicyclic amines) is 1. The maximum absolute atomic E-state index is 10.3. The number of halogens is 1. The van der Waals surface area contributed by atoms with Crippen molar-refractivity contribution >= 4 is 11.6 Å². The third-order valence-electron chi connectivity index (χ3n) is 4.53. The Morgan fingerprint density at radius 1 is 1.30 bits per heavy atom. The van der Waals surface area contributed by atoms with Gasteiger partial charge in [0.1, 0.15) is 0 Å². The van der Waals surface area contributed by atoms with Crippen molar-refractivity contribution in [3.05, 3.63) is 34.9 Å². The summed E-state index contributed by atoms with van der Waals surface area (Å²) in [7, 11) is 0. The van der Waals surface area contributed by atoms with E-state index in [1.807, 2.05) is 31.2 Å². The van der Waals surface area contributed by atoms with Crippen LogP contribution >= 0.6 is 11.6 Å². The lowest BCUT2D eigenvalue weighted by molar-refractivity contribution is -0.0263. The summed E-state index contributed by atoms with van der Waals surface area (Å²) in [6.07, 6.45) is 3.68. The van der Waals surface area contributed by atoms with Crippen molar-refractivity contribution in [2.24, 2.45) is 0 Å². The van der Waals surface area contributed by atoms with Gasteiger partial charge in [0.05, 0.1) is 18.8 Å². The van der Waals surface area contributed by atoms with Gasteiger partial charge in [-0.25, -0.2) is 0 Å². The van der Waals surface area contributed by atoms with Crippen LogP contribution in [0.25, 0.3) is 0 Å². The van der Waals surface area contributed by atoms with Crippen molar-refractivity contribution in [3.8, 4) is 0 Å². The Kier molecular flexibility index (Phi) is 7.80. The Balaban J connectivity index is 1.77. The molecule has 0 unspecified atom stereocenters. The topological polar surface area (TPSA) is 52.9 Å². The molecule has 1 saturated heterocycles. The minimum atomic E-state index is -0.510. The molecule has 2 N–H and O–H groups in total. The first kappa shape index (κ1) is 18.7. The van der Waals surface area contributed by atoms with Crippen molar-refractivity contribution < 1.29 is 14.9 Å². The zero-order valence-corrected chi connectivity index (χ0v) is 14.6. The minimum absolute atomic E-state index is 0.0727. The molecule has 0 aromatic heterocycles. The van der Waals surface area contributed by atoms with Gasteiger partial charge in [-0.2, -0.15) is 0 Å². The minimum Gasteiger partial charge on any atom is -0.396 e. The second-order valence-corrected chi connectivity index (χ2v) is 6.77. The number of benzene rings is 1. The van der Waals surface area contributed by atoms with Crippen molar-refractivity contribution in [1.29, 1.82) is 0 Å². The summed E-state index contributed by atoms with van der Waals surface area (Å²) >= 11 is 5.89. The SMILES string of the molecule is C[C@@H](OC[C@H](O)CN1CCCC[C@@H]1CCO)c1ccc(Cl)cc1.